The lowest BCUT2D eigenvalue weighted by Gasteiger charge is -2.22. The maximum atomic E-state index is 11.2. The Morgan fingerprint density at radius 2 is 1.92 bits per heavy atom. The van der Waals surface area contributed by atoms with Crippen LogP contribution in [0.5, 0.6) is 5.75 Å². The second-order valence-corrected chi connectivity index (χ2v) is 7.28. The summed E-state index contributed by atoms with van der Waals surface area (Å²) < 4.78 is 38.8. The quantitative estimate of drug-likeness (QED) is 0.840. The Morgan fingerprint density at radius 1 is 1.25 bits per heavy atom. The molecule has 0 aliphatic heterocycles. The van der Waals surface area contributed by atoms with Crippen LogP contribution in [-0.4, -0.2) is 25.7 Å². The maximum Gasteiger partial charge on any atom is 0.264 e. The normalized spacial score (nSPS) is 17.1. The van der Waals surface area contributed by atoms with Crippen molar-refractivity contribution in [2.24, 2.45) is 5.14 Å². The van der Waals surface area contributed by atoms with E-state index >= 15 is 0 Å². The summed E-state index contributed by atoms with van der Waals surface area (Å²) in [5.41, 5.74) is -0.459. The van der Waals surface area contributed by atoms with Crippen molar-refractivity contribution in [2.75, 3.05) is 7.11 Å². The highest BCUT2D eigenvalue weighted by Gasteiger charge is 2.40. The number of benzene rings is 1. The summed E-state index contributed by atoms with van der Waals surface area (Å²) in [6.07, 6.45) is 3.89. The molecule has 0 atom stereocenters. The van der Waals surface area contributed by atoms with Crippen molar-refractivity contribution in [1.29, 1.82) is 0 Å². The number of sulfonamides is 1. The van der Waals surface area contributed by atoms with E-state index in [1.54, 1.807) is 7.11 Å². The number of rotatable bonds is 6. The van der Waals surface area contributed by atoms with Gasteiger partial charge in [-0.05, 0) is 49.9 Å². The smallest absolute Gasteiger partial charge is 0.264 e. The number of aromatic nitrogens is 2. The molecule has 1 aliphatic rings. The van der Waals surface area contributed by atoms with Crippen LogP contribution < -0.4 is 9.88 Å². The summed E-state index contributed by atoms with van der Waals surface area (Å²) in [5, 5.41) is 9.06. The highest BCUT2D eigenvalue weighted by molar-refractivity contribution is 7.89. The predicted octanol–water partition coefficient (Wildman–Crippen LogP) is 1.71. The first-order valence-electron chi connectivity index (χ1n) is 7.57. The molecule has 24 heavy (non-hydrogen) atoms. The maximum absolute atomic E-state index is 11.2. The molecule has 1 fully saturated rings. The fourth-order valence-electron chi connectivity index (χ4n) is 2.83. The molecule has 0 spiro atoms. The van der Waals surface area contributed by atoms with E-state index in [-0.39, 0.29) is 11.5 Å². The number of primary sulfonamides is 1. The minimum absolute atomic E-state index is 0.0261. The van der Waals surface area contributed by atoms with Crippen LogP contribution in [0.4, 0.5) is 0 Å². The largest absolute Gasteiger partial charge is 0.484 e. The van der Waals surface area contributed by atoms with E-state index < -0.39 is 15.6 Å². The van der Waals surface area contributed by atoms with Crippen LogP contribution in [0.25, 0.3) is 0 Å². The van der Waals surface area contributed by atoms with Crippen LogP contribution in [0.3, 0.4) is 0 Å². The second-order valence-electron chi connectivity index (χ2n) is 5.72. The highest BCUT2D eigenvalue weighted by Crippen LogP contribution is 2.40. The molecule has 0 radical (unpaired) electrons. The number of ether oxygens (including phenoxy) is 2. The van der Waals surface area contributed by atoms with Crippen LogP contribution in [0.15, 0.2) is 33.7 Å². The lowest BCUT2D eigenvalue weighted by Crippen LogP contribution is -2.26. The Morgan fingerprint density at radius 3 is 2.50 bits per heavy atom. The first kappa shape index (κ1) is 16.9. The molecular formula is C15H19N3O5S. The fraction of sp³-hybridized carbons (Fsp3) is 0.467. The van der Waals surface area contributed by atoms with Gasteiger partial charge in [0, 0.05) is 7.11 Å². The van der Waals surface area contributed by atoms with Gasteiger partial charge in [-0.25, -0.2) is 13.6 Å². The third-order valence-electron chi connectivity index (χ3n) is 4.19. The fourth-order valence-corrected chi connectivity index (χ4v) is 3.35. The number of nitrogens with two attached hydrogens (primary N) is 1. The Labute approximate surface area is 140 Å². The Kier molecular flexibility index (Phi) is 4.57. The van der Waals surface area contributed by atoms with E-state index in [1.165, 1.54) is 24.3 Å². The molecule has 9 heteroatoms. The van der Waals surface area contributed by atoms with E-state index in [4.69, 9.17) is 19.1 Å². The van der Waals surface area contributed by atoms with Gasteiger partial charge in [-0.1, -0.05) is 5.16 Å². The van der Waals surface area contributed by atoms with Gasteiger partial charge in [0.2, 0.25) is 15.8 Å². The van der Waals surface area contributed by atoms with Gasteiger partial charge in [-0.2, -0.15) is 4.98 Å². The van der Waals surface area contributed by atoms with E-state index in [0.717, 1.165) is 25.7 Å². The van der Waals surface area contributed by atoms with Crippen LogP contribution >= 0.6 is 0 Å². The average molecular weight is 353 g/mol. The first-order valence-corrected chi connectivity index (χ1v) is 9.11. The van der Waals surface area contributed by atoms with Crippen molar-refractivity contribution >= 4 is 10.0 Å². The van der Waals surface area contributed by atoms with Crippen molar-refractivity contribution in [3.8, 4) is 5.75 Å². The van der Waals surface area contributed by atoms with Gasteiger partial charge in [-0.15, -0.1) is 0 Å². The summed E-state index contributed by atoms with van der Waals surface area (Å²) in [6.45, 7) is 0.0848. The molecule has 0 bridgehead atoms. The molecule has 0 unspecified atom stereocenters. The summed E-state index contributed by atoms with van der Waals surface area (Å²) in [5.74, 6) is 1.36. The van der Waals surface area contributed by atoms with Gasteiger partial charge in [0.05, 0.1) is 4.90 Å². The van der Waals surface area contributed by atoms with Crippen molar-refractivity contribution in [3.63, 3.8) is 0 Å². The van der Waals surface area contributed by atoms with Crippen LogP contribution in [0.1, 0.15) is 37.4 Å². The van der Waals surface area contributed by atoms with Crippen molar-refractivity contribution < 1.29 is 22.4 Å². The third kappa shape index (κ3) is 3.42. The minimum Gasteiger partial charge on any atom is -0.484 e. The molecule has 0 saturated heterocycles. The van der Waals surface area contributed by atoms with E-state index in [1.807, 2.05) is 0 Å². The number of methoxy groups -OCH3 is 1. The standard InChI is InChI=1S/C15H19N3O5S/c1-21-15(8-2-3-9-15)14-17-13(23-18-14)10-22-11-4-6-12(7-5-11)24(16,19)20/h4-7H,2-3,8-10H2,1H3,(H2,16,19,20). The molecule has 1 aromatic carbocycles. The van der Waals surface area contributed by atoms with Gasteiger partial charge < -0.3 is 14.0 Å². The molecule has 130 valence electrons. The van der Waals surface area contributed by atoms with Crippen molar-refractivity contribution in [3.05, 3.63) is 36.0 Å². The van der Waals surface area contributed by atoms with Crippen molar-refractivity contribution in [2.45, 2.75) is 42.8 Å². The number of hydrogen-bond acceptors (Lipinski definition) is 7. The van der Waals surface area contributed by atoms with Gasteiger partial charge >= 0.3 is 0 Å². The molecular weight excluding hydrogens is 334 g/mol. The second kappa shape index (κ2) is 6.50. The monoisotopic (exact) mass is 353 g/mol. The summed E-state index contributed by atoms with van der Waals surface area (Å²) in [7, 11) is -2.06. The van der Waals surface area contributed by atoms with E-state index in [9.17, 15) is 8.42 Å². The SMILES string of the molecule is COC1(c2noc(COc3ccc(S(N)(=O)=O)cc3)n2)CCCC1. The van der Waals surface area contributed by atoms with Crippen LogP contribution in [0, 0.1) is 0 Å². The molecule has 1 saturated carbocycles. The van der Waals surface area contributed by atoms with Gasteiger partial charge in [0.25, 0.3) is 5.89 Å². The Hall–Kier alpha value is -1.97. The minimum atomic E-state index is -3.71. The predicted molar refractivity (Wildman–Crippen MR) is 83.6 cm³/mol. The number of nitrogens with zero attached hydrogens (tertiary/aromatic N) is 2. The van der Waals surface area contributed by atoms with E-state index in [2.05, 4.69) is 10.1 Å². The lowest BCUT2D eigenvalue weighted by molar-refractivity contribution is -0.0178. The first-order chi connectivity index (χ1) is 11.4. The molecule has 8 nitrogen and oxygen atoms in total. The van der Waals surface area contributed by atoms with Crippen molar-refractivity contribution in [1.82, 2.24) is 10.1 Å². The third-order valence-corrected chi connectivity index (χ3v) is 5.12. The molecule has 1 aromatic heterocycles. The molecule has 1 aliphatic carbocycles. The zero-order valence-corrected chi connectivity index (χ0v) is 14.1. The topological polar surface area (TPSA) is 118 Å². The Balaban J connectivity index is 1.65. The number of hydrogen-bond donors (Lipinski definition) is 1. The average Bonchev–Trinajstić information content (AvgIpc) is 3.22. The zero-order valence-electron chi connectivity index (χ0n) is 13.3. The molecule has 3 rings (SSSR count). The zero-order chi connectivity index (χ0) is 17.2. The van der Waals surface area contributed by atoms with Gasteiger partial charge in [-0.3, -0.25) is 0 Å². The van der Waals surface area contributed by atoms with E-state index in [0.29, 0.717) is 17.5 Å². The Bertz CT molecular complexity index is 795. The molecule has 2 aromatic rings. The summed E-state index contributed by atoms with van der Waals surface area (Å²) in [6, 6.07) is 5.79. The van der Waals surface area contributed by atoms with Gasteiger partial charge in [0.15, 0.2) is 6.61 Å². The summed E-state index contributed by atoms with van der Waals surface area (Å²) in [4.78, 5) is 4.39. The molecule has 0 amide bonds. The lowest BCUT2D eigenvalue weighted by atomic mass is 10.0. The highest BCUT2D eigenvalue weighted by atomic mass is 32.2. The molecule has 2 N–H and O–H groups in total. The molecule has 1 heterocycles. The summed E-state index contributed by atoms with van der Waals surface area (Å²) >= 11 is 0. The van der Waals surface area contributed by atoms with Crippen LogP contribution in [0.2, 0.25) is 0 Å². The van der Waals surface area contributed by atoms with Gasteiger partial charge in [0.1, 0.15) is 11.4 Å². The van der Waals surface area contributed by atoms with Crippen LogP contribution in [-0.2, 0) is 27.0 Å².